The molecule has 27 heavy (non-hydrogen) atoms. The maximum Gasteiger partial charge on any atom is 0.350 e. The Kier molecular flexibility index (Phi) is 5.02. The monoisotopic (exact) mass is 365 g/mol. The molecular formula is C20H23N5O2. The highest BCUT2D eigenvalue weighted by molar-refractivity contribution is 5.75. The maximum absolute atomic E-state index is 12.2. The van der Waals surface area contributed by atoms with E-state index in [1.54, 1.807) is 24.4 Å². The minimum atomic E-state index is -0.313. The second kappa shape index (κ2) is 7.75. The molecule has 1 N–H and O–H groups in total. The van der Waals surface area contributed by atoms with Gasteiger partial charge in [0.2, 0.25) is 5.91 Å². The molecule has 0 unspecified atom stereocenters. The van der Waals surface area contributed by atoms with E-state index in [4.69, 9.17) is 0 Å². The van der Waals surface area contributed by atoms with Crippen LogP contribution in [0.25, 0.3) is 5.65 Å². The molecule has 3 aromatic rings. The molecule has 7 nitrogen and oxygen atoms in total. The van der Waals surface area contributed by atoms with Gasteiger partial charge in [0.25, 0.3) is 0 Å². The van der Waals surface area contributed by atoms with Crippen molar-refractivity contribution in [2.24, 2.45) is 0 Å². The van der Waals surface area contributed by atoms with Crippen molar-refractivity contribution in [1.29, 1.82) is 0 Å². The lowest BCUT2D eigenvalue weighted by molar-refractivity contribution is -0.122. The van der Waals surface area contributed by atoms with Crippen LogP contribution in [0, 0.1) is 0 Å². The Labute approximate surface area is 157 Å². The van der Waals surface area contributed by atoms with Gasteiger partial charge < -0.3 is 5.32 Å². The van der Waals surface area contributed by atoms with Crippen molar-refractivity contribution in [3.8, 4) is 0 Å². The zero-order valence-corrected chi connectivity index (χ0v) is 15.2. The largest absolute Gasteiger partial charge is 0.350 e. The predicted molar refractivity (Wildman–Crippen MR) is 102 cm³/mol. The highest BCUT2D eigenvalue weighted by Crippen LogP contribution is 2.13. The molecule has 7 heteroatoms. The summed E-state index contributed by atoms with van der Waals surface area (Å²) in [5, 5.41) is 7.02. The van der Waals surface area contributed by atoms with Gasteiger partial charge in [-0.05, 0) is 49.2 Å². The maximum atomic E-state index is 12.2. The molecule has 1 aliphatic rings. The van der Waals surface area contributed by atoms with E-state index in [1.165, 1.54) is 40.6 Å². The lowest BCUT2D eigenvalue weighted by atomic mass is 10.1. The summed E-state index contributed by atoms with van der Waals surface area (Å²) in [5.41, 5.74) is 2.55. The molecule has 0 aliphatic carbocycles. The third-order valence-corrected chi connectivity index (χ3v) is 4.90. The van der Waals surface area contributed by atoms with Crippen LogP contribution < -0.4 is 11.0 Å². The number of nitrogens with zero attached hydrogens (tertiary/aromatic N) is 4. The summed E-state index contributed by atoms with van der Waals surface area (Å²) in [6.45, 7) is 3.70. The first-order valence-corrected chi connectivity index (χ1v) is 9.30. The number of carbonyl (C=O) groups excluding carboxylic acids is 1. The molecule has 1 aliphatic heterocycles. The number of fused-ring (bicyclic) bond motifs is 1. The van der Waals surface area contributed by atoms with Gasteiger partial charge in [-0.25, -0.2) is 9.48 Å². The number of likely N-dealkylation sites (tertiary alicyclic amines) is 1. The van der Waals surface area contributed by atoms with E-state index in [2.05, 4.69) is 27.4 Å². The standard InChI is InChI=1S/C20H23N5O2/c26-19(15-25-20(27)24-12-2-1-5-18(24)22-25)21-13-16-6-8-17(9-7-16)14-23-10-3-4-11-23/h1-2,5-9,12H,3-4,10-11,13-15H2,(H,21,26). The zero-order valence-electron chi connectivity index (χ0n) is 15.2. The summed E-state index contributed by atoms with van der Waals surface area (Å²) in [6.07, 6.45) is 4.22. The number of pyridine rings is 1. The lowest BCUT2D eigenvalue weighted by Crippen LogP contribution is -2.32. The summed E-state index contributed by atoms with van der Waals surface area (Å²) in [7, 11) is 0. The van der Waals surface area contributed by atoms with Crippen molar-refractivity contribution in [3.63, 3.8) is 0 Å². The van der Waals surface area contributed by atoms with E-state index in [-0.39, 0.29) is 18.1 Å². The fourth-order valence-electron chi connectivity index (χ4n) is 3.43. The van der Waals surface area contributed by atoms with Crippen LogP contribution in [0.5, 0.6) is 0 Å². The molecule has 0 radical (unpaired) electrons. The fourth-order valence-corrected chi connectivity index (χ4v) is 3.43. The summed E-state index contributed by atoms with van der Waals surface area (Å²) in [5.74, 6) is -0.235. The molecule has 0 saturated carbocycles. The molecule has 3 heterocycles. The Morgan fingerprint density at radius 3 is 2.52 bits per heavy atom. The van der Waals surface area contributed by atoms with Gasteiger partial charge in [-0.3, -0.25) is 14.1 Å². The molecule has 0 bridgehead atoms. The first-order chi connectivity index (χ1) is 13.2. The minimum Gasteiger partial charge on any atom is -0.350 e. The summed E-state index contributed by atoms with van der Waals surface area (Å²) in [4.78, 5) is 26.8. The second-order valence-electron chi connectivity index (χ2n) is 6.95. The molecule has 0 atom stereocenters. The second-order valence-corrected chi connectivity index (χ2v) is 6.95. The summed E-state index contributed by atoms with van der Waals surface area (Å²) >= 11 is 0. The third-order valence-electron chi connectivity index (χ3n) is 4.90. The molecule has 140 valence electrons. The van der Waals surface area contributed by atoms with E-state index < -0.39 is 0 Å². The van der Waals surface area contributed by atoms with Crippen molar-refractivity contribution in [2.75, 3.05) is 13.1 Å². The highest BCUT2D eigenvalue weighted by atomic mass is 16.2. The predicted octanol–water partition coefficient (Wildman–Crippen LogP) is 1.41. The smallest absolute Gasteiger partial charge is 0.350 e. The number of aromatic nitrogens is 3. The van der Waals surface area contributed by atoms with Gasteiger partial charge in [0.05, 0.1) is 0 Å². The fraction of sp³-hybridized carbons (Fsp3) is 0.350. The quantitative estimate of drug-likeness (QED) is 0.717. The van der Waals surface area contributed by atoms with E-state index in [0.717, 1.165) is 12.1 Å². The third kappa shape index (κ3) is 4.09. The number of hydrogen-bond acceptors (Lipinski definition) is 4. The normalized spacial score (nSPS) is 14.7. The number of benzene rings is 1. The first kappa shape index (κ1) is 17.5. The van der Waals surface area contributed by atoms with E-state index >= 15 is 0 Å². The first-order valence-electron chi connectivity index (χ1n) is 9.30. The van der Waals surface area contributed by atoms with Crippen LogP contribution in [-0.2, 0) is 24.4 Å². The van der Waals surface area contributed by atoms with E-state index in [1.807, 2.05) is 12.1 Å². The molecule has 1 amide bonds. The zero-order chi connectivity index (χ0) is 18.6. The number of rotatable bonds is 6. The van der Waals surface area contributed by atoms with Gasteiger partial charge in [0.1, 0.15) is 6.54 Å². The average molecular weight is 365 g/mol. The van der Waals surface area contributed by atoms with Crippen molar-refractivity contribution >= 4 is 11.6 Å². The van der Waals surface area contributed by atoms with Crippen molar-refractivity contribution in [1.82, 2.24) is 24.4 Å². The van der Waals surface area contributed by atoms with Crippen LogP contribution in [0.2, 0.25) is 0 Å². The van der Waals surface area contributed by atoms with Crippen molar-refractivity contribution in [2.45, 2.75) is 32.5 Å². The Morgan fingerprint density at radius 1 is 1.04 bits per heavy atom. The Morgan fingerprint density at radius 2 is 1.78 bits per heavy atom. The Hall–Kier alpha value is -2.93. The van der Waals surface area contributed by atoms with Gasteiger partial charge >= 0.3 is 5.69 Å². The number of amides is 1. The molecule has 0 spiro atoms. The Balaban J connectivity index is 1.32. The van der Waals surface area contributed by atoms with Crippen molar-refractivity contribution in [3.05, 3.63) is 70.3 Å². The van der Waals surface area contributed by atoms with Gasteiger partial charge in [-0.1, -0.05) is 30.3 Å². The van der Waals surface area contributed by atoms with Crippen LogP contribution in [0.1, 0.15) is 24.0 Å². The topological polar surface area (TPSA) is 71.6 Å². The summed E-state index contributed by atoms with van der Waals surface area (Å²) < 4.78 is 2.61. The van der Waals surface area contributed by atoms with Gasteiger partial charge in [-0.15, -0.1) is 5.10 Å². The Bertz CT molecular complexity index is 984. The number of hydrogen-bond donors (Lipinski definition) is 1. The number of nitrogens with one attached hydrogen (secondary N) is 1. The van der Waals surface area contributed by atoms with E-state index in [9.17, 15) is 9.59 Å². The van der Waals surface area contributed by atoms with Gasteiger partial charge in [0.15, 0.2) is 5.65 Å². The van der Waals surface area contributed by atoms with Crippen LogP contribution in [0.4, 0.5) is 0 Å². The summed E-state index contributed by atoms with van der Waals surface area (Å²) in [6, 6.07) is 13.6. The SMILES string of the molecule is O=C(Cn1nc2ccccn2c1=O)NCc1ccc(CN2CCCC2)cc1. The van der Waals surface area contributed by atoms with Gasteiger partial charge in [0, 0.05) is 19.3 Å². The van der Waals surface area contributed by atoms with Crippen LogP contribution in [0.3, 0.4) is 0 Å². The average Bonchev–Trinajstić information content (AvgIpc) is 3.30. The lowest BCUT2D eigenvalue weighted by Gasteiger charge is -2.14. The van der Waals surface area contributed by atoms with Crippen LogP contribution in [-0.4, -0.2) is 38.1 Å². The van der Waals surface area contributed by atoms with Crippen molar-refractivity contribution < 1.29 is 4.79 Å². The van der Waals surface area contributed by atoms with Crippen LogP contribution in [0.15, 0.2) is 53.5 Å². The minimum absolute atomic E-state index is 0.0897. The molecule has 4 rings (SSSR count). The molecule has 1 saturated heterocycles. The molecule has 1 aromatic carbocycles. The molecule has 1 fully saturated rings. The van der Waals surface area contributed by atoms with Gasteiger partial charge in [-0.2, -0.15) is 0 Å². The van der Waals surface area contributed by atoms with E-state index in [0.29, 0.717) is 12.2 Å². The van der Waals surface area contributed by atoms with Crippen LogP contribution >= 0.6 is 0 Å². The molecular weight excluding hydrogens is 342 g/mol. The highest BCUT2D eigenvalue weighted by Gasteiger charge is 2.12. The molecule has 2 aromatic heterocycles. The number of carbonyl (C=O) groups is 1.